The molecule has 1 heterocycles. The zero-order valence-electron chi connectivity index (χ0n) is 13.2. The van der Waals surface area contributed by atoms with Crippen molar-refractivity contribution < 1.29 is 9.13 Å². The summed E-state index contributed by atoms with van der Waals surface area (Å²) in [5.41, 5.74) is 5.20. The number of nitrogens with zero attached hydrogens (tertiary/aromatic N) is 1. The summed E-state index contributed by atoms with van der Waals surface area (Å²) >= 11 is 0. The van der Waals surface area contributed by atoms with Gasteiger partial charge in [0.15, 0.2) is 0 Å². The first-order valence-corrected chi connectivity index (χ1v) is 7.63. The van der Waals surface area contributed by atoms with Crippen molar-refractivity contribution in [2.45, 2.75) is 39.3 Å². The van der Waals surface area contributed by atoms with Gasteiger partial charge in [0, 0.05) is 18.7 Å². The number of morpholine rings is 1. The van der Waals surface area contributed by atoms with E-state index in [2.05, 4.69) is 17.2 Å². The van der Waals surface area contributed by atoms with Crippen LogP contribution in [0.5, 0.6) is 0 Å². The fourth-order valence-corrected chi connectivity index (χ4v) is 3.15. The molecule has 1 aliphatic rings. The molecule has 21 heavy (non-hydrogen) atoms. The highest BCUT2D eigenvalue weighted by Gasteiger charge is 2.31. The molecule has 1 aliphatic heterocycles. The lowest BCUT2D eigenvalue weighted by Crippen LogP contribution is -2.50. The third kappa shape index (κ3) is 3.80. The standard InChI is InChI=1S/C16H26FN3O/c1-4-5-20-6-7-21-14(10-20)16(19-18)15-12(3)8-11(2)9-13(15)17/h8-9,14,16,19H,4-7,10,18H2,1-3H3. The maximum absolute atomic E-state index is 14.4. The maximum Gasteiger partial charge on any atom is 0.128 e. The molecule has 118 valence electrons. The van der Waals surface area contributed by atoms with Crippen molar-refractivity contribution in [3.8, 4) is 0 Å². The van der Waals surface area contributed by atoms with Crippen molar-refractivity contribution in [2.24, 2.45) is 5.84 Å². The summed E-state index contributed by atoms with van der Waals surface area (Å²) in [7, 11) is 0. The molecule has 0 amide bonds. The minimum Gasteiger partial charge on any atom is -0.374 e. The maximum atomic E-state index is 14.4. The van der Waals surface area contributed by atoms with Crippen LogP contribution in [-0.2, 0) is 4.74 Å². The molecule has 2 unspecified atom stereocenters. The number of ether oxygens (including phenoxy) is 1. The number of nitrogens with two attached hydrogens (primary N) is 1. The largest absolute Gasteiger partial charge is 0.374 e. The van der Waals surface area contributed by atoms with Gasteiger partial charge in [0.25, 0.3) is 0 Å². The second kappa shape index (κ2) is 7.31. The molecule has 0 bridgehead atoms. The minimum absolute atomic E-state index is 0.133. The average Bonchev–Trinajstić information content (AvgIpc) is 2.43. The van der Waals surface area contributed by atoms with Crippen LogP contribution in [0.4, 0.5) is 4.39 Å². The molecule has 1 saturated heterocycles. The van der Waals surface area contributed by atoms with Crippen LogP contribution < -0.4 is 11.3 Å². The van der Waals surface area contributed by atoms with Gasteiger partial charge in [-0.25, -0.2) is 4.39 Å². The zero-order chi connectivity index (χ0) is 15.4. The van der Waals surface area contributed by atoms with Gasteiger partial charge in [0.05, 0.1) is 18.8 Å². The van der Waals surface area contributed by atoms with E-state index in [-0.39, 0.29) is 18.0 Å². The van der Waals surface area contributed by atoms with E-state index in [9.17, 15) is 4.39 Å². The summed E-state index contributed by atoms with van der Waals surface area (Å²) in [6.07, 6.45) is 0.969. The Bertz CT molecular complexity index is 456. The topological polar surface area (TPSA) is 50.5 Å². The number of rotatable bonds is 5. The Morgan fingerprint density at radius 2 is 2.24 bits per heavy atom. The van der Waals surface area contributed by atoms with Crippen molar-refractivity contribution in [1.29, 1.82) is 0 Å². The monoisotopic (exact) mass is 295 g/mol. The van der Waals surface area contributed by atoms with Gasteiger partial charge in [0.1, 0.15) is 5.82 Å². The highest BCUT2D eigenvalue weighted by molar-refractivity contribution is 5.35. The van der Waals surface area contributed by atoms with Crippen LogP contribution in [-0.4, -0.2) is 37.2 Å². The smallest absolute Gasteiger partial charge is 0.128 e. The Kier molecular flexibility index (Phi) is 5.70. The van der Waals surface area contributed by atoms with E-state index in [1.165, 1.54) is 0 Å². The molecule has 0 aromatic heterocycles. The molecule has 5 heteroatoms. The summed E-state index contributed by atoms with van der Waals surface area (Å²) in [5.74, 6) is 5.50. The lowest BCUT2D eigenvalue weighted by molar-refractivity contribution is -0.0477. The Labute approximate surface area is 126 Å². The third-order valence-corrected chi connectivity index (χ3v) is 4.06. The fourth-order valence-electron chi connectivity index (χ4n) is 3.15. The van der Waals surface area contributed by atoms with Crippen molar-refractivity contribution in [3.05, 3.63) is 34.6 Å². The van der Waals surface area contributed by atoms with Gasteiger partial charge >= 0.3 is 0 Å². The molecule has 4 nitrogen and oxygen atoms in total. The molecule has 2 rings (SSSR count). The number of halogens is 1. The number of hydrogen-bond donors (Lipinski definition) is 2. The van der Waals surface area contributed by atoms with E-state index in [0.717, 1.165) is 37.2 Å². The normalized spacial score (nSPS) is 21.5. The first-order chi connectivity index (χ1) is 10.1. The highest BCUT2D eigenvalue weighted by atomic mass is 19.1. The van der Waals surface area contributed by atoms with Gasteiger partial charge < -0.3 is 4.74 Å². The summed E-state index contributed by atoms with van der Waals surface area (Å²) in [6.45, 7) is 9.37. The van der Waals surface area contributed by atoms with Crippen LogP contribution >= 0.6 is 0 Å². The molecule has 1 fully saturated rings. The van der Waals surface area contributed by atoms with Gasteiger partial charge in [-0.05, 0) is 44.0 Å². The molecule has 0 saturated carbocycles. The second-order valence-corrected chi connectivity index (χ2v) is 5.83. The number of aryl methyl sites for hydroxylation is 2. The highest BCUT2D eigenvalue weighted by Crippen LogP contribution is 2.28. The van der Waals surface area contributed by atoms with E-state index >= 15 is 0 Å². The van der Waals surface area contributed by atoms with Crippen molar-refractivity contribution in [3.63, 3.8) is 0 Å². The summed E-state index contributed by atoms with van der Waals surface area (Å²) in [4.78, 5) is 2.35. The van der Waals surface area contributed by atoms with Crippen LogP contribution in [0, 0.1) is 19.7 Å². The lowest BCUT2D eigenvalue weighted by atomic mass is 9.94. The van der Waals surface area contributed by atoms with Crippen LogP contribution in [0.25, 0.3) is 0 Å². The zero-order valence-corrected chi connectivity index (χ0v) is 13.2. The van der Waals surface area contributed by atoms with E-state index in [1.807, 2.05) is 19.9 Å². The summed E-state index contributed by atoms with van der Waals surface area (Å²) in [6, 6.07) is 3.21. The predicted octanol–water partition coefficient (Wildman–Crippen LogP) is 2.06. The van der Waals surface area contributed by atoms with Gasteiger partial charge in [-0.3, -0.25) is 16.2 Å². The third-order valence-electron chi connectivity index (χ3n) is 4.06. The fraction of sp³-hybridized carbons (Fsp3) is 0.625. The van der Waals surface area contributed by atoms with Crippen molar-refractivity contribution >= 4 is 0 Å². The Hall–Kier alpha value is -1.01. The Morgan fingerprint density at radius 3 is 2.86 bits per heavy atom. The van der Waals surface area contributed by atoms with Crippen LogP contribution in [0.2, 0.25) is 0 Å². The second-order valence-electron chi connectivity index (χ2n) is 5.83. The molecule has 0 spiro atoms. The van der Waals surface area contributed by atoms with Crippen LogP contribution in [0.1, 0.15) is 36.1 Å². The van der Waals surface area contributed by atoms with E-state index < -0.39 is 0 Å². The molecular weight excluding hydrogens is 269 g/mol. The van der Waals surface area contributed by atoms with Crippen LogP contribution in [0.3, 0.4) is 0 Å². The van der Waals surface area contributed by atoms with E-state index in [1.54, 1.807) is 6.07 Å². The van der Waals surface area contributed by atoms with E-state index in [4.69, 9.17) is 10.6 Å². The van der Waals surface area contributed by atoms with Crippen molar-refractivity contribution in [1.82, 2.24) is 10.3 Å². The van der Waals surface area contributed by atoms with E-state index in [0.29, 0.717) is 12.2 Å². The molecule has 1 aromatic rings. The summed E-state index contributed by atoms with van der Waals surface area (Å²) in [5, 5.41) is 0. The lowest BCUT2D eigenvalue weighted by Gasteiger charge is -2.37. The van der Waals surface area contributed by atoms with Gasteiger partial charge in [-0.1, -0.05) is 13.0 Å². The number of benzene rings is 1. The molecule has 0 aliphatic carbocycles. The first-order valence-electron chi connectivity index (χ1n) is 7.63. The van der Waals surface area contributed by atoms with Gasteiger partial charge in [0.2, 0.25) is 0 Å². The average molecular weight is 295 g/mol. The molecule has 0 radical (unpaired) electrons. The minimum atomic E-state index is -0.328. The van der Waals surface area contributed by atoms with Crippen molar-refractivity contribution in [2.75, 3.05) is 26.2 Å². The Morgan fingerprint density at radius 1 is 1.48 bits per heavy atom. The number of hydrazine groups is 1. The molecule has 2 atom stereocenters. The number of hydrogen-bond acceptors (Lipinski definition) is 4. The van der Waals surface area contributed by atoms with Gasteiger partial charge in [-0.2, -0.15) is 0 Å². The Balaban J connectivity index is 2.23. The predicted molar refractivity (Wildman–Crippen MR) is 82.4 cm³/mol. The SMILES string of the molecule is CCCN1CCOC(C(NN)c2c(C)cc(C)cc2F)C1. The number of nitrogens with one attached hydrogen (secondary N) is 1. The molecule has 3 N–H and O–H groups in total. The van der Waals surface area contributed by atoms with Crippen LogP contribution in [0.15, 0.2) is 12.1 Å². The molecular formula is C16H26FN3O. The molecule has 1 aromatic carbocycles. The quantitative estimate of drug-likeness (QED) is 0.645. The summed E-state index contributed by atoms with van der Waals surface area (Å²) < 4.78 is 20.2. The van der Waals surface area contributed by atoms with Gasteiger partial charge in [-0.15, -0.1) is 0 Å². The first kappa shape index (κ1) is 16.4.